The van der Waals surface area contributed by atoms with Gasteiger partial charge in [0, 0.05) is 11.9 Å². The minimum Gasteiger partial charge on any atom is -0.478 e. The van der Waals surface area contributed by atoms with E-state index in [0.29, 0.717) is 5.56 Å². The van der Waals surface area contributed by atoms with Gasteiger partial charge in [0.1, 0.15) is 5.25 Å². The van der Waals surface area contributed by atoms with Gasteiger partial charge in [0.25, 0.3) is 0 Å². The zero-order valence-electron chi connectivity index (χ0n) is 10.8. The average molecular weight is 285 g/mol. The molecule has 1 aromatic rings. The fourth-order valence-electron chi connectivity index (χ4n) is 1.37. The maximum Gasteiger partial charge on any atom is 0.336 e. The molecule has 1 amide bonds. The van der Waals surface area contributed by atoms with Crippen molar-refractivity contribution >= 4 is 27.4 Å². The number of sulfone groups is 1. The maximum absolute atomic E-state index is 11.7. The maximum atomic E-state index is 11.7. The molecule has 7 heteroatoms. The van der Waals surface area contributed by atoms with Gasteiger partial charge in [-0.3, -0.25) is 4.79 Å². The highest BCUT2D eigenvalue weighted by molar-refractivity contribution is 7.92. The normalized spacial score (nSPS) is 12.8. The fraction of sp³-hybridized carbons (Fsp3) is 0.333. The highest BCUT2D eigenvalue weighted by Gasteiger charge is 2.23. The molecule has 0 heterocycles. The van der Waals surface area contributed by atoms with E-state index in [2.05, 4.69) is 5.32 Å². The summed E-state index contributed by atoms with van der Waals surface area (Å²) in [7, 11) is -3.49. The number of aryl methyl sites for hydroxylation is 1. The number of carboxylic acid groups (broad SMARTS) is 1. The Balaban J connectivity index is 2.98. The molecule has 0 aliphatic heterocycles. The first-order chi connectivity index (χ1) is 8.62. The molecule has 0 fully saturated rings. The zero-order chi connectivity index (χ0) is 14.8. The molecule has 104 valence electrons. The number of benzene rings is 1. The number of anilines is 1. The molecule has 1 unspecified atom stereocenters. The van der Waals surface area contributed by atoms with Gasteiger partial charge in [0.2, 0.25) is 5.91 Å². The first-order valence-corrected chi connectivity index (χ1v) is 7.42. The summed E-state index contributed by atoms with van der Waals surface area (Å²) in [5.74, 6) is -1.80. The number of aromatic carboxylic acids is 1. The highest BCUT2D eigenvalue weighted by Crippen LogP contribution is 2.16. The molecule has 0 aliphatic rings. The van der Waals surface area contributed by atoms with E-state index in [0.717, 1.165) is 6.26 Å². The summed E-state index contributed by atoms with van der Waals surface area (Å²) < 4.78 is 22.5. The van der Waals surface area contributed by atoms with Gasteiger partial charge in [-0.2, -0.15) is 0 Å². The molecule has 0 bridgehead atoms. The van der Waals surface area contributed by atoms with Crippen LogP contribution >= 0.6 is 0 Å². The summed E-state index contributed by atoms with van der Waals surface area (Å²) >= 11 is 0. The van der Waals surface area contributed by atoms with Gasteiger partial charge >= 0.3 is 5.97 Å². The second-order valence-corrected chi connectivity index (χ2v) is 6.66. The molecule has 6 nitrogen and oxygen atoms in total. The number of amides is 1. The van der Waals surface area contributed by atoms with E-state index in [4.69, 9.17) is 5.11 Å². The highest BCUT2D eigenvalue weighted by atomic mass is 32.2. The summed E-state index contributed by atoms with van der Waals surface area (Å²) in [6.07, 6.45) is 0.967. The summed E-state index contributed by atoms with van der Waals surface area (Å²) in [6.45, 7) is 2.91. The van der Waals surface area contributed by atoms with Crippen LogP contribution in [0.25, 0.3) is 0 Å². The third kappa shape index (κ3) is 3.78. The summed E-state index contributed by atoms with van der Waals surface area (Å²) in [5.41, 5.74) is 0.870. The van der Waals surface area contributed by atoms with Crippen molar-refractivity contribution in [1.29, 1.82) is 0 Å². The molecule has 19 heavy (non-hydrogen) atoms. The van der Waals surface area contributed by atoms with Crippen LogP contribution in [0.15, 0.2) is 18.2 Å². The van der Waals surface area contributed by atoms with Crippen molar-refractivity contribution in [3.05, 3.63) is 29.3 Å². The Morgan fingerprint density at radius 2 is 1.89 bits per heavy atom. The predicted molar refractivity (Wildman–Crippen MR) is 71.1 cm³/mol. The fourth-order valence-corrected chi connectivity index (χ4v) is 1.82. The molecule has 1 aromatic carbocycles. The van der Waals surface area contributed by atoms with Crippen molar-refractivity contribution in [2.75, 3.05) is 11.6 Å². The van der Waals surface area contributed by atoms with Gasteiger partial charge in [-0.1, -0.05) is 6.07 Å². The average Bonchev–Trinajstić information content (AvgIpc) is 2.29. The number of carbonyl (C=O) groups excluding carboxylic acids is 1. The molecule has 0 radical (unpaired) electrons. The molecule has 2 N–H and O–H groups in total. The SMILES string of the molecule is Cc1ccc(NC(=O)C(C)S(C)(=O)=O)cc1C(=O)O. The van der Waals surface area contributed by atoms with Crippen molar-refractivity contribution in [2.45, 2.75) is 19.1 Å². The number of hydrogen-bond acceptors (Lipinski definition) is 4. The molecule has 0 spiro atoms. The van der Waals surface area contributed by atoms with E-state index in [9.17, 15) is 18.0 Å². The van der Waals surface area contributed by atoms with Crippen molar-refractivity contribution in [1.82, 2.24) is 0 Å². The molecule has 0 saturated heterocycles. The predicted octanol–water partition coefficient (Wildman–Crippen LogP) is 1.06. The summed E-state index contributed by atoms with van der Waals surface area (Å²) in [6, 6.07) is 4.36. The molecule has 1 atom stereocenters. The lowest BCUT2D eigenvalue weighted by Gasteiger charge is -2.11. The van der Waals surface area contributed by atoms with E-state index in [1.54, 1.807) is 13.0 Å². The molecule has 0 aromatic heterocycles. The van der Waals surface area contributed by atoms with Crippen molar-refractivity contribution < 1.29 is 23.1 Å². The third-order valence-electron chi connectivity index (χ3n) is 2.75. The monoisotopic (exact) mass is 285 g/mol. The number of rotatable bonds is 4. The molecular weight excluding hydrogens is 270 g/mol. The second-order valence-electron chi connectivity index (χ2n) is 4.30. The topological polar surface area (TPSA) is 101 Å². The van der Waals surface area contributed by atoms with E-state index >= 15 is 0 Å². The van der Waals surface area contributed by atoms with Gasteiger partial charge in [-0.25, -0.2) is 13.2 Å². The van der Waals surface area contributed by atoms with Crippen LogP contribution in [-0.4, -0.2) is 36.9 Å². The largest absolute Gasteiger partial charge is 0.478 e. The third-order valence-corrected chi connectivity index (χ3v) is 4.25. The lowest BCUT2D eigenvalue weighted by atomic mass is 10.1. The van der Waals surface area contributed by atoms with Gasteiger partial charge < -0.3 is 10.4 Å². The van der Waals surface area contributed by atoms with Crippen molar-refractivity contribution in [3.8, 4) is 0 Å². The number of carbonyl (C=O) groups is 2. The zero-order valence-corrected chi connectivity index (χ0v) is 11.6. The van der Waals surface area contributed by atoms with E-state index in [-0.39, 0.29) is 11.3 Å². The Labute approximate surface area is 111 Å². The Morgan fingerprint density at radius 1 is 1.32 bits per heavy atom. The van der Waals surface area contributed by atoms with Gasteiger partial charge in [0.05, 0.1) is 5.56 Å². The molecule has 1 rings (SSSR count). The van der Waals surface area contributed by atoms with Crippen LogP contribution in [0.5, 0.6) is 0 Å². The van der Waals surface area contributed by atoms with Crippen LogP contribution in [0, 0.1) is 6.92 Å². The van der Waals surface area contributed by atoms with Crippen molar-refractivity contribution in [2.24, 2.45) is 0 Å². The van der Waals surface area contributed by atoms with Crippen LogP contribution in [0.2, 0.25) is 0 Å². The van der Waals surface area contributed by atoms with E-state index in [1.807, 2.05) is 0 Å². The minimum absolute atomic E-state index is 0.0600. The summed E-state index contributed by atoms with van der Waals surface area (Å²) in [4.78, 5) is 22.6. The summed E-state index contributed by atoms with van der Waals surface area (Å²) in [5, 5.41) is 10.2. The second kappa shape index (κ2) is 5.40. The Hall–Kier alpha value is -1.89. The standard InChI is InChI=1S/C12H15NO5S/c1-7-4-5-9(6-10(7)12(15)16)13-11(14)8(2)19(3,17)18/h4-6,8H,1-3H3,(H,13,14)(H,15,16). The van der Waals surface area contributed by atoms with E-state index < -0.39 is 27.0 Å². The number of nitrogens with one attached hydrogen (secondary N) is 1. The lowest BCUT2D eigenvalue weighted by Crippen LogP contribution is -2.31. The Morgan fingerprint density at radius 3 is 2.37 bits per heavy atom. The Kier molecular flexibility index (Phi) is 4.31. The molecular formula is C12H15NO5S. The first-order valence-electron chi connectivity index (χ1n) is 5.46. The van der Waals surface area contributed by atoms with Crippen LogP contribution in [0.4, 0.5) is 5.69 Å². The first kappa shape index (κ1) is 15.2. The number of carboxylic acids is 1. The van der Waals surface area contributed by atoms with Gasteiger partial charge in [-0.05, 0) is 31.5 Å². The van der Waals surface area contributed by atoms with Crippen LogP contribution in [0.1, 0.15) is 22.8 Å². The molecule has 0 aliphatic carbocycles. The smallest absolute Gasteiger partial charge is 0.336 e. The quantitative estimate of drug-likeness (QED) is 0.861. The molecule has 0 saturated carbocycles. The van der Waals surface area contributed by atoms with E-state index in [1.165, 1.54) is 19.1 Å². The van der Waals surface area contributed by atoms with Crippen LogP contribution in [0.3, 0.4) is 0 Å². The van der Waals surface area contributed by atoms with Crippen molar-refractivity contribution in [3.63, 3.8) is 0 Å². The van der Waals surface area contributed by atoms with Gasteiger partial charge in [-0.15, -0.1) is 0 Å². The number of hydrogen-bond donors (Lipinski definition) is 2. The lowest BCUT2D eigenvalue weighted by molar-refractivity contribution is -0.115. The minimum atomic E-state index is -3.49. The van der Waals surface area contributed by atoms with Crippen LogP contribution in [-0.2, 0) is 14.6 Å². The Bertz CT molecular complexity index is 621. The van der Waals surface area contributed by atoms with Crippen LogP contribution < -0.4 is 5.32 Å². The van der Waals surface area contributed by atoms with Gasteiger partial charge in [0.15, 0.2) is 9.84 Å².